The molecule has 1 atom stereocenters. The number of anilines is 1. The first-order valence-electron chi connectivity index (χ1n) is 8.37. The molecule has 2 aliphatic rings. The first-order valence-corrected chi connectivity index (χ1v) is 8.37. The van der Waals surface area contributed by atoms with E-state index in [0.29, 0.717) is 23.6 Å². The number of nitrogens with zero attached hydrogens (tertiary/aromatic N) is 1. The lowest BCUT2D eigenvalue weighted by Crippen LogP contribution is -2.55. The van der Waals surface area contributed by atoms with Crippen molar-refractivity contribution in [3.8, 4) is 0 Å². The van der Waals surface area contributed by atoms with Crippen molar-refractivity contribution in [3.63, 3.8) is 0 Å². The molecular weight excluding hydrogens is 345 g/mol. The maximum absolute atomic E-state index is 14.2. The van der Waals surface area contributed by atoms with E-state index in [1.54, 1.807) is 6.07 Å². The Morgan fingerprint density at radius 3 is 2.46 bits per heavy atom. The van der Waals surface area contributed by atoms with Gasteiger partial charge in [-0.05, 0) is 38.4 Å². The van der Waals surface area contributed by atoms with Gasteiger partial charge in [-0.25, -0.2) is 9.18 Å². The third-order valence-electron chi connectivity index (χ3n) is 4.73. The number of hydrogen-bond acceptors (Lipinski definition) is 7. The average molecular weight is 365 g/mol. The van der Waals surface area contributed by atoms with E-state index in [0.717, 1.165) is 6.42 Å². The third-order valence-corrected chi connectivity index (χ3v) is 4.73. The molecule has 9 heteroatoms. The predicted molar refractivity (Wildman–Crippen MR) is 87.8 cm³/mol. The minimum atomic E-state index is -1.14. The van der Waals surface area contributed by atoms with Gasteiger partial charge >= 0.3 is 5.97 Å². The predicted octanol–water partition coefficient (Wildman–Crippen LogP) is 0.978. The molecule has 1 unspecified atom stereocenters. The van der Waals surface area contributed by atoms with Gasteiger partial charge in [0.1, 0.15) is 17.6 Å². The van der Waals surface area contributed by atoms with Gasteiger partial charge in [0.05, 0.1) is 0 Å². The van der Waals surface area contributed by atoms with E-state index in [1.165, 1.54) is 19.2 Å². The second kappa shape index (κ2) is 7.00. The Bertz CT molecular complexity index is 734. The minimum Gasteiger partial charge on any atom is -0.374 e. The molecule has 3 N–H and O–H groups in total. The number of carbonyl (C=O) groups excluding carboxylic acids is 3. The summed E-state index contributed by atoms with van der Waals surface area (Å²) in [6.07, 6.45) is 0.525. The lowest BCUT2D eigenvalue weighted by molar-refractivity contribution is -0.202. The van der Waals surface area contributed by atoms with Gasteiger partial charge in [-0.2, -0.15) is 0 Å². The van der Waals surface area contributed by atoms with Crippen LogP contribution < -0.4 is 10.6 Å². The summed E-state index contributed by atoms with van der Waals surface area (Å²) in [6.45, 7) is 0. The standard InChI is InChI=1S/C17H20FN3O5/c1-19-15(24)11-4-3-10(9-12(11)18)20-17(7-2-8-17)16(25)26-21-13(22)5-6-14(21)23/h3-4,9,15,19-20,24H,2,5-8H2,1H3. The molecule has 1 aromatic carbocycles. The zero-order valence-electron chi connectivity index (χ0n) is 14.3. The number of benzene rings is 1. The van der Waals surface area contributed by atoms with Crippen molar-refractivity contribution < 1.29 is 28.7 Å². The minimum absolute atomic E-state index is 0.0208. The SMILES string of the molecule is CNC(O)c1ccc(NC2(C(=O)ON3C(=O)CCC3=O)CCC2)cc1F. The Hall–Kier alpha value is -2.52. The van der Waals surface area contributed by atoms with Gasteiger partial charge in [0, 0.05) is 24.1 Å². The van der Waals surface area contributed by atoms with Gasteiger partial charge in [0.15, 0.2) is 0 Å². The van der Waals surface area contributed by atoms with Crippen LogP contribution in [0.15, 0.2) is 18.2 Å². The van der Waals surface area contributed by atoms with Crippen molar-refractivity contribution >= 4 is 23.5 Å². The molecule has 0 radical (unpaired) electrons. The van der Waals surface area contributed by atoms with Crippen molar-refractivity contribution in [3.05, 3.63) is 29.6 Å². The summed E-state index contributed by atoms with van der Waals surface area (Å²) in [4.78, 5) is 40.8. The van der Waals surface area contributed by atoms with Crippen molar-refractivity contribution in [2.45, 2.75) is 43.9 Å². The number of hydrogen-bond donors (Lipinski definition) is 3. The van der Waals surface area contributed by atoms with E-state index >= 15 is 0 Å². The molecule has 3 rings (SSSR count). The number of amides is 2. The van der Waals surface area contributed by atoms with Crippen LogP contribution in [0.25, 0.3) is 0 Å². The summed E-state index contributed by atoms with van der Waals surface area (Å²) < 4.78 is 14.2. The zero-order chi connectivity index (χ0) is 18.9. The Kier molecular flexibility index (Phi) is 4.92. The molecule has 0 aromatic heterocycles. The number of aliphatic hydroxyl groups excluding tert-OH is 1. The van der Waals surface area contributed by atoms with E-state index in [2.05, 4.69) is 10.6 Å². The molecule has 8 nitrogen and oxygen atoms in total. The summed E-state index contributed by atoms with van der Waals surface area (Å²) >= 11 is 0. The summed E-state index contributed by atoms with van der Waals surface area (Å²) in [5.74, 6) is -2.47. The molecule has 0 spiro atoms. The second-order valence-electron chi connectivity index (χ2n) is 6.45. The monoisotopic (exact) mass is 365 g/mol. The van der Waals surface area contributed by atoms with Crippen LogP contribution in [0.3, 0.4) is 0 Å². The van der Waals surface area contributed by atoms with Crippen LogP contribution >= 0.6 is 0 Å². The van der Waals surface area contributed by atoms with Crippen LogP contribution in [-0.4, -0.2) is 40.5 Å². The molecule has 1 aliphatic heterocycles. The van der Waals surface area contributed by atoms with Crippen LogP contribution in [0.2, 0.25) is 0 Å². The molecular formula is C17H20FN3O5. The van der Waals surface area contributed by atoms with Crippen LogP contribution in [0, 0.1) is 5.82 Å². The lowest BCUT2D eigenvalue weighted by Gasteiger charge is -2.40. The van der Waals surface area contributed by atoms with E-state index < -0.39 is 35.4 Å². The molecule has 2 fully saturated rings. The summed E-state index contributed by atoms with van der Waals surface area (Å²) in [5, 5.41) is 15.7. The van der Waals surface area contributed by atoms with Crippen LogP contribution in [0.4, 0.5) is 10.1 Å². The smallest absolute Gasteiger partial charge is 0.358 e. The zero-order valence-corrected chi connectivity index (χ0v) is 14.3. The maximum atomic E-state index is 14.2. The highest BCUT2D eigenvalue weighted by Gasteiger charge is 2.48. The fourth-order valence-electron chi connectivity index (χ4n) is 3.00. The maximum Gasteiger partial charge on any atom is 0.358 e. The average Bonchev–Trinajstić information content (AvgIpc) is 2.89. The van der Waals surface area contributed by atoms with Gasteiger partial charge in [-0.1, -0.05) is 6.07 Å². The first kappa shape index (κ1) is 18.3. The number of halogens is 1. The Morgan fingerprint density at radius 2 is 1.96 bits per heavy atom. The number of aliphatic hydroxyl groups is 1. The lowest BCUT2D eigenvalue weighted by atomic mass is 9.76. The first-order chi connectivity index (χ1) is 12.4. The Balaban J connectivity index is 1.74. The number of hydroxylamine groups is 2. The topological polar surface area (TPSA) is 108 Å². The van der Waals surface area contributed by atoms with Crippen LogP contribution in [0.5, 0.6) is 0 Å². The van der Waals surface area contributed by atoms with Crippen LogP contribution in [-0.2, 0) is 19.2 Å². The molecule has 1 heterocycles. The molecule has 1 saturated heterocycles. The molecule has 26 heavy (non-hydrogen) atoms. The van der Waals surface area contributed by atoms with Gasteiger partial charge in [0.2, 0.25) is 0 Å². The van der Waals surface area contributed by atoms with Crippen molar-refractivity contribution in [2.24, 2.45) is 0 Å². The molecule has 0 bridgehead atoms. The van der Waals surface area contributed by atoms with E-state index in [4.69, 9.17) is 4.84 Å². The van der Waals surface area contributed by atoms with Crippen molar-refractivity contribution in [1.82, 2.24) is 10.4 Å². The van der Waals surface area contributed by atoms with E-state index in [-0.39, 0.29) is 18.4 Å². The quantitative estimate of drug-likeness (QED) is 0.509. The summed E-state index contributed by atoms with van der Waals surface area (Å²) in [6, 6.07) is 4.12. The van der Waals surface area contributed by atoms with E-state index in [9.17, 15) is 23.9 Å². The van der Waals surface area contributed by atoms with Crippen LogP contribution in [0.1, 0.15) is 43.9 Å². The highest BCUT2D eigenvalue weighted by atomic mass is 19.1. The second-order valence-corrected chi connectivity index (χ2v) is 6.45. The number of rotatable bonds is 6. The molecule has 1 saturated carbocycles. The van der Waals surface area contributed by atoms with Gasteiger partial charge in [-0.3, -0.25) is 14.9 Å². The van der Waals surface area contributed by atoms with Gasteiger partial charge < -0.3 is 15.3 Å². The summed E-state index contributed by atoms with van der Waals surface area (Å²) in [5.41, 5.74) is -0.694. The molecule has 1 aliphatic carbocycles. The fraction of sp³-hybridized carbons (Fsp3) is 0.471. The largest absolute Gasteiger partial charge is 0.374 e. The molecule has 140 valence electrons. The number of carbonyl (C=O) groups is 3. The van der Waals surface area contributed by atoms with Gasteiger partial charge in [0.25, 0.3) is 11.8 Å². The third kappa shape index (κ3) is 3.27. The number of nitrogens with one attached hydrogen (secondary N) is 2. The van der Waals surface area contributed by atoms with Crippen molar-refractivity contribution in [2.75, 3.05) is 12.4 Å². The fourth-order valence-corrected chi connectivity index (χ4v) is 3.00. The highest BCUT2D eigenvalue weighted by molar-refractivity contribution is 6.02. The number of imide groups is 1. The Morgan fingerprint density at radius 1 is 1.31 bits per heavy atom. The van der Waals surface area contributed by atoms with Gasteiger partial charge in [-0.15, -0.1) is 5.06 Å². The Labute approximate surface area is 149 Å². The van der Waals surface area contributed by atoms with Crippen molar-refractivity contribution in [1.29, 1.82) is 0 Å². The summed E-state index contributed by atoms with van der Waals surface area (Å²) in [7, 11) is 1.50. The molecule has 1 aromatic rings. The van der Waals surface area contributed by atoms with E-state index in [1.807, 2.05) is 0 Å². The normalized spacial score (nSPS) is 19.9. The highest BCUT2D eigenvalue weighted by Crippen LogP contribution is 2.37. The molecule has 2 amide bonds.